The van der Waals surface area contributed by atoms with E-state index >= 15 is 0 Å². The molecule has 1 aliphatic heterocycles. The summed E-state index contributed by atoms with van der Waals surface area (Å²) in [6.07, 6.45) is -3.81. The molecule has 6 heteroatoms. The smallest absolute Gasteiger partial charge is 0.330 e. The molecule has 0 saturated heterocycles. The lowest BCUT2D eigenvalue weighted by molar-refractivity contribution is -0.166. The molecule has 0 radical (unpaired) electrons. The van der Waals surface area contributed by atoms with Crippen LogP contribution in [0.15, 0.2) is 34.5 Å². The SMILES string of the molecule is NCCc1ccc(C2(C(F)(F)F)N=N2)cc1. The third kappa shape index (κ3) is 1.69. The number of alkyl halides is 3. The molecule has 16 heavy (non-hydrogen) atoms. The third-order valence-corrected chi connectivity index (χ3v) is 2.48. The van der Waals surface area contributed by atoms with Gasteiger partial charge in [0, 0.05) is 5.56 Å². The Bertz CT molecular complexity index is 402. The van der Waals surface area contributed by atoms with Gasteiger partial charge in [0.1, 0.15) is 0 Å². The van der Waals surface area contributed by atoms with Crippen molar-refractivity contribution >= 4 is 0 Å². The highest BCUT2D eigenvalue weighted by Crippen LogP contribution is 2.52. The molecule has 0 aliphatic carbocycles. The summed E-state index contributed by atoms with van der Waals surface area (Å²) in [5.41, 5.74) is 4.00. The first-order valence-electron chi connectivity index (χ1n) is 4.80. The highest BCUT2D eigenvalue weighted by molar-refractivity contribution is 5.32. The van der Waals surface area contributed by atoms with Crippen LogP contribution in [0, 0.1) is 0 Å². The van der Waals surface area contributed by atoms with Gasteiger partial charge in [0.25, 0.3) is 0 Å². The first kappa shape index (κ1) is 11.1. The fourth-order valence-corrected chi connectivity index (χ4v) is 1.51. The lowest BCUT2D eigenvalue weighted by Gasteiger charge is -2.14. The average Bonchev–Trinajstić information content (AvgIpc) is 2.99. The molecule has 1 aliphatic rings. The highest BCUT2D eigenvalue weighted by atomic mass is 19.4. The Morgan fingerprint density at radius 3 is 2.06 bits per heavy atom. The molecule has 2 N–H and O–H groups in total. The normalized spacial score (nSPS) is 17.5. The summed E-state index contributed by atoms with van der Waals surface area (Å²) >= 11 is 0. The van der Waals surface area contributed by atoms with Crippen LogP contribution in [0.4, 0.5) is 13.2 Å². The van der Waals surface area contributed by atoms with Gasteiger partial charge in [-0.15, -0.1) is 10.2 Å². The van der Waals surface area contributed by atoms with Crippen LogP contribution < -0.4 is 5.73 Å². The molecule has 0 bridgehead atoms. The second-order valence-corrected chi connectivity index (χ2v) is 3.61. The summed E-state index contributed by atoms with van der Waals surface area (Å²) in [5, 5.41) is 6.25. The molecule has 1 aromatic rings. The number of hydrogen-bond acceptors (Lipinski definition) is 3. The van der Waals surface area contributed by atoms with Crippen LogP contribution in [-0.2, 0) is 12.1 Å². The minimum absolute atomic E-state index is 0.0563. The van der Waals surface area contributed by atoms with Gasteiger partial charge in [0.15, 0.2) is 0 Å². The van der Waals surface area contributed by atoms with Crippen molar-refractivity contribution in [3.63, 3.8) is 0 Å². The van der Waals surface area contributed by atoms with Gasteiger partial charge >= 0.3 is 11.8 Å². The lowest BCUT2D eigenvalue weighted by atomic mass is 10.0. The number of hydrogen-bond donors (Lipinski definition) is 1. The van der Waals surface area contributed by atoms with E-state index < -0.39 is 11.8 Å². The van der Waals surface area contributed by atoms with Gasteiger partial charge in [0.2, 0.25) is 0 Å². The van der Waals surface area contributed by atoms with E-state index in [0.717, 1.165) is 5.56 Å². The summed E-state index contributed by atoms with van der Waals surface area (Å²) in [4.78, 5) is 0. The molecule has 86 valence electrons. The van der Waals surface area contributed by atoms with Gasteiger partial charge < -0.3 is 5.73 Å². The molecule has 0 fully saturated rings. The zero-order chi connectivity index (χ0) is 11.8. The summed E-state index contributed by atoms with van der Waals surface area (Å²) in [7, 11) is 0. The summed E-state index contributed by atoms with van der Waals surface area (Å²) in [5.74, 6) is 0. The largest absolute Gasteiger partial charge is 0.442 e. The maximum Gasteiger partial charge on any atom is 0.442 e. The van der Waals surface area contributed by atoms with Gasteiger partial charge in [-0.2, -0.15) is 13.2 Å². The fraction of sp³-hybridized carbons (Fsp3) is 0.400. The van der Waals surface area contributed by atoms with Crippen LogP contribution in [0.5, 0.6) is 0 Å². The number of nitrogens with zero attached hydrogens (tertiary/aromatic N) is 2. The third-order valence-electron chi connectivity index (χ3n) is 2.48. The van der Waals surface area contributed by atoms with Crippen LogP contribution in [0.25, 0.3) is 0 Å². The van der Waals surface area contributed by atoms with E-state index in [4.69, 9.17) is 5.73 Å². The first-order chi connectivity index (χ1) is 7.49. The minimum atomic E-state index is -4.46. The zero-order valence-electron chi connectivity index (χ0n) is 8.33. The molecule has 0 amide bonds. The van der Waals surface area contributed by atoms with E-state index in [2.05, 4.69) is 10.2 Å². The average molecular weight is 229 g/mol. The highest BCUT2D eigenvalue weighted by Gasteiger charge is 2.65. The lowest BCUT2D eigenvalue weighted by Crippen LogP contribution is -2.30. The van der Waals surface area contributed by atoms with Crippen LogP contribution >= 0.6 is 0 Å². The number of benzene rings is 1. The molecule has 2 rings (SSSR count). The molecule has 0 spiro atoms. The van der Waals surface area contributed by atoms with Crippen molar-refractivity contribution < 1.29 is 13.2 Å². The van der Waals surface area contributed by atoms with Crippen molar-refractivity contribution in [3.8, 4) is 0 Å². The Morgan fingerprint density at radius 2 is 1.69 bits per heavy atom. The molecular weight excluding hydrogens is 219 g/mol. The van der Waals surface area contributed by atoms with E-state index in [9.17, 15) is 13.2 Å². The van der Waals surface area contributed by atoms with Gasteiger partial charge in [0.05, 0.1) is 0 Å². The summed E-state index contributed by atoms with van der Waals surface area (Å²) in [6, 6.07) is 6.05. The Hall–Kier alpha value is -1.43. The van der Waals surface area contributed by atoms with Crippen molar-refractivity contribution in [1.29, 1.82) is 0 Å². The van der Waals surface area contributed by atoms with Crippen molar-refractivity contribution in [3.05, 3.63) is 35.4 Å². The van der Waals surface area contributed by atoms with E-state index in [0.29, 0.717) is 13.0 Å². The monoisotopic (exact) mass is 229 g/mol. The molecule has 0 atom stereocenters. The summed E-state index contributed by atoms with van der Waals surface area (Å²) < 4.78 is 37.9. The Morgan fingerprint density at radius 1 is 1.12 bits per heavy atom. The number of nitrogens with two attached hydrogens (primary N) is 1. The van der Waals surface area contributed by atoms with Crippen LogP contribution in [0.2, 0.25) is 0 Å². The zero-order valence-corrected chi connectivity index (χ0v) is 8.33. The Balaban J connectivity index is 2.23. The maximum absolute atomic E-state index is 12.6. The van der Waals surface area contributed by atoms with Gasteiger partial charge in [-0.3, -0.25) is 0 Å². The van der Waals surface area contributed by atoms with Crippen LogP contribution in [0.3, 0.4) is 0 Å². The molecule has 0 aromatic heterocycles. The molecule has 1 heterocycles. The molecule has 0 saturated carbocycles. The van der Waals surface area contributed by atoms with E-state index in [1.165, 1.54) is 12.1 Å². The molecule has 1 aromatic carbocycles. The van der Waals surface area contributed by atoms with Crippen LogP contribution in [0.1, 0.15) is 11.1 Å². The fourth-order valence-electron chi connectivity index (χ4n) is 1.51. The number of halogens is 3. The second kappa shape index (κ2) is 3.55. The van der Waals surface area contributed by atoms with Crippen molar-refractivity contribution in [2.24, 2.45) is 16.0 Å². The minimum Gasteiger partial charge on any atom is -0.330 e. The number of rotatable bonds is 3. The topological polar surface area (TPSA) is 50.7 Å². The van der Waals surface area contributed by atoms with Crippen molar-refractivity contribution in [2.75, 3.05) is 6.54 Å². The predicted molar refractivity (Wildman–Crippen MR) is 51.8 cm³/mol. The van der Waals surface area contributed by atoms with Gasteiger partial charge in [-0.25, -0.2) is 0 Å². The van der Waals surface area contributed by atoms with E-state index in [1.807, 2.05) is 0 Å². The molecular formula is C10H10F3N3. The molecule has 3 nitrogen and oxygen atoms in total. The van der Waals surface area contributed by atoms with Gasteiger partial charge in [-0.05, 0) is 18.5 Å². The van der Waals surface area contributed by atoms with Crippen molar-refractivity contribution in [2.45, 2.75) is 18.3 Å². The first-order valence-corrected chi connectivity index (χ1v) is 4.80. The standard InChI is InChI=1S/C10H10F3N3/c11-10(12,13)9(15-16-9)8-3-1-7(2-4-8)5-6-14/h1-4H,5-6,14H2. The van der Waals surface area contributed by atoms with E-state index in [-0.39, 0.29) is 5.56 Å². The van der Waals surface area contributed by atoms with E-state index in [1.54, 1.807) is 12.1 Å². The summed E-state index contributed by atoms with van der Waals surface area (Å²) in [6.45, 7) is 0.471. The quantitative estimate of drug-likeness (QED) is 0.849. The predicted octanol–water partition coefficient (Wildman–Crippen LogP) is 2.37. The Labute approximate surface area is 90.2 Å². The van der Waals surface area contributed by atoms with Gasteiger partial charge in [-0.1, -0.05) is 24.3 Å². The maximum atomic E-state index is 12.6. The Kier molecular flexibility index (Phi) is 2.46. The van der Waals surface area contributed by atoms with Crippen molar-refractivity contribution in [1.82, 2.24) is 0 Å². The second-order valence-electron chi connectivity index (χ2n) is 3.61. The van der Waals surface area contributed by atoms with Crippen LogP contribution in [-0.4, -0.2) is 12.7 Å². The molecule has 0 unspecified atom stereocenters.